The Labute approximate surface area is 138 Å². The van der Waals surface area contributed by atoms with Gasteiger partial charge in [0.15, 0.2) is 11.9 Å². The summed E-state index contributed by atoms with van der Waals surface area (Å²) in [4.78, 5) is 47.9. The highest BCUT2D eigenvalue weighted by molar-refractivity contribution is 6.05. The largest absolute Gasteiger partial charge is 0.480 e. The minimum atomic E-state index is -1.18. The Hall–Kier alpha value is -2.90. The van der Waals surface area contributed by atoms with Gasteiger partial charge in [-0.15, -0.1) is 0 Å². The monoisotopic (exact) mass is 334 g/mol. The summed E-state index contributed by atoms with van der Waals surface area (Å²) >= 11 is 0. The molecule has 1 aliphatic heterocycles. The number of Topliss-reactive ketones (excluding diaryl/α,β-unsaturated/α-hetero) is 1. The first kappa shape index (κ1) is 17.5. The Bertz CT molecular complexity index is 715. The van der Waals surface area contributed by atoms with Crippen molar-refractivity contribution in [2.75, 3.05) is 11.4 Å². The molecule has 0 saturated heterocycles. The minimum absolute atomic E-state index is 0.187. The third kappa shape index (κ3) is 3.53. The molecule has 128 valence electrons. The van der Waals surface area contributed by atoms with Gasteiger partial charge in [0, 0.05) is 5.56 Å². The number of carbonyl (C=O) groups is 4. The van der Waals surface area contributed by atoms with E-state index in [2.05, 4.69) is 5.32 Å². The van der Waals surface area contributed by atoms with Gasteiger partial charge in [-0.05, 0) is 39.0 Å². The number of ketones is 1. The average Bonchev–Trinajstić information content (AvgIpc) is 2.51. The van der Waals surface area contributed by atoms with E-state index < -0.39 is 29.9 Å². The Morgan fingerprint density at radius 1 is 1.38 bits per heavy atom. The first-order valence-corrected chi connectivity index (χ1v) is 7.36. The molecule has 0 bridgehead atoms. The van der Waals surface area contributed by atoms with Crippen LogP contribution in [0, 0.1) is 0 Å². The maximum Gasteiger partial charge on any atom is 0.325 e. The van der Waals surface area contributed by atoms with Crippen molar-refractivity contribution < 1.29 is 29.0 Å². The molecule has 2 unspecified atom stereocenters. The van der Waals surface area contributed by atoms with E-state index in [1.165, 1.54) is 24.8 Å². The highest BCUT2D eigenvalue weighted by atomic mass is 16.5. The second-order valence-electron chi connectivity index (χ2n) is 5.55. The lowest BCUT2D eigenvalue weighted by atomic mass is 10.1. The molecule has 8 nitrogen and oxygen atoms in total. The van der Waals surface area contributed by atoms with Gasteiger partial charge in [0.05, 0.1) is 5.69 Å². The molecule has 8 heteroatoms. The fraction of sp³-hybridized carbons (Fsp3) is 0.375. The Kier molecular flexibility index (Phi) is 4.87. The fourth-order valence-corrected chi connectivity index (χ4v) is 2.28. The molecule has 0 saturated carbocycles. The van der Waals surface area contributed by atoms with Crippen molar-refractivity contribution in [3.63, 3.8) is 0 Å². The van der Waals surface area contributed by atoms with Gasteiger partial charge in [-0.2, -0.15) is 0 Å². The van der Waals surface area contributed by atoms with E-state index in [1.807, 2.05) is 0 Å². The van der Waals surface area contributed by atoms with E-state index in [9.17, 15) is 19.2 Å². The summed E-state index contributed by atoms with van der Waals surface area (Å²) in [6.07, 6.45) is -0.787. The Balaban J connectivity index is 2.30. The number of hydrogen-bond donors (Lipinski definition) is 2. The number of nitrogens with zero attached hydrogens (tertiary/aromatic N) is 1. The summed E-state index contributed by atoms with van der Waals surface area (Å²) in [5, 5.41) is 11.1. The van der Waals surface area contributed by atoms with Crippen LogP contribution in [0.5, 0.6) is 5.75 Å². The van der Waals surface area contributed by atoms with Gasteiger partial charge in [-0.3, -0.25) is 24.1 Å². The van der Waals surface area contributed by atoms with E-state index in [0.29, 0.717) is 17.0 Å². The number of rotatable bonds is 5. The van der Waals surface area contributed by atoms with Crippen LogP contribution in [0.25, 0.3) is 0 Å². The second kappa shape index (κ2) is 6.69. The summed E-state index contributed by atoms with van der Waals surface area (Å²) < 4.78 is 5.48. The zero-order valence-corrected chi connectivity index (χ0v) is 13.5. The maximum absolute atomic E-state index is 12.3. The number of anilines is 1. The number of nitrogens with one attached hydrogen (secondary N) is 1. The van der Waals surface area contributed by atoms with Crippen molar-refractivity contribution in [2.24, 2.45) is 0 Å². The highest BCUT2D eigenvalue weighted by Gasteiger charge is 2.33. The molecule has 0 aromatic heterocycles. The lowest BCUT2D eigenvalue weighted by Crippen LogP contribution is -2.50. The summed E-state index contributed by atoms with van der Waals surface area (Å²) in [5.41, 5.74) is 0.688. The van der Waals surface area contributed by atoms with Crippen LogP contribution in [-0.2, 0) is 14.4 Å². The smallest absolute Gasteiger partial charge is 0.325 e. The number of carbonyl (C=O) groups excluding carboxylic acids is 3. The molecule has 2 N–H and O–H groups in total. The van der Waals surface area contributed by atoms with Gasteiger partial charge in [-0.1, -0.05) is 0 Å². The number of ether oxygens (including phenoxy) is 1. The van der Waals surface area contributed by atoms with Gasteiger partial charge in [0.1, 0.15) is 18.3 Å². The minimum Gasteiger partial charge on any atom is -0.480 e. The van der Waals surface area contributed by atoms with Crippen LogP contribution in [0.4, 0.5) is 5.69 Å². The molecule has 1 heterocycles. The molecule has 1 aromatic carbocycles. The third-order valence-electron chi connectivity index (χ3n) is 3.62. The maximum atomic E-state index is 12.3. The van der Waals surface area contributed by atoms with Crippen LogP contribution >= 0.6 is 0 Å². The summed E-state index contributed by atoms with van der Waals surface area (Å²) in [5.74, 6) is -2.05. The van der Waals surface area contributed by atoms with Crippen molar-refractivity contribution in [3.8, 4) is 5.75 Å². The van der Waals surface area contributed by atoms with Crippen molar-refractivity contribution in [1.82, 2.24) is 5.32 Å². The van der Waals surface area contributed by atoms with Gasteiger partial charge < -0.3 is 15.2 Å². The topological polar surface area (TPSA) is 113 Å². The fourth-order valence-electron chi connectivity index (χ4n) is 2.28. The molecule has 0 fully saturated rings. The van der Waals surface area contributed by atoms with Crippen LogP contribution in [0.15, 0.2) is 18.2 Å². The van der Waals surface area contributed by atoms with Crippen molar-refractivity contribution in [3.05, 3.63) is 23.8 Å². The predicted molar refractivity (Wildman–Crippen MR) is 84.1 cm³/mol. The number of aliphatic carboxylic acids is 1. The van der Waals surface area contributed by atoms with E-state index in [1.54, 1.807) is 19.1 Å². The molecular weight excluding hydrogens is 316 g/mol. The van der Waals surface area contributed by atoms with E-state index in [-0.39, 0.29) is 12.3 Å². The number of hydrogen-bond acceptors (Lipinski definition) is 5. The molecule has 24 heavy (non-hydrogen) atoms. The molecule has 0 aliphatic carbocycles. The van der Waals surface area contributed by atoms with Crippen LogP contribution in [0.2, 0.25) is 0 Å². The highest BCUT2D eigenvalue weighted by Crippen LogP contribution is 2.34. The third-order valence-corrected chi connectivity index (χ3v) is 3.62. The Morgan fingerprint density at radius 2 is 2.04 bits per heavy atom. The molecule has 2 atom stereocenters. The Morgan fingerprint density at radius 3 is 2.62 bits per heavy atom. The van der Waals surface area contributed by atoms with Crippen molar-refractivity contribution in [2.45, 2.75) is 32.9 Å². The van der Waals surface area contributed by atoms with E-state index in [4.69, 9.17) is 9.84 Å². The molecule has 2 rings (SSSR count). The number of carboxylic acids is 1. The summed E-state index contributed by atoms with van der Waals surface area (Å²) in [6.45, 7) is 3.90. The SMILES string of the molecule is CC(=O)c1ccc2c(c1)N(CC(=O)NC(C)C(=O)O)C(=O)C(C)O2. The van der Waals surface area contributed by atoms with Crippen LogP contribution < -0.4 is 15.0 Å². The number of amides is 2. The van der Waals surface area contributed by atoms with Crippen LogP contribution in [-0.4, -0.2) is 47.4 Å². The number of benzene rings is 1. The second-order valence-corrected chi connectivity index (χ2v) is 5.55. The van der Waals surface area contributed by atoms with Gasteiger partial charge in [-0.25, -0.2) is 0 Å². The van der Waals surface area contributed by atoms with Gasteiger partial charge in [0.2, 0.25) is 5.91 Å². The van der Waals surface area contributed by atoms with Gasteiger partial charge >= 0.3 is 5.97 Å². The summed E-state index contributed by atoms with van der Waals surface area (Å²) in [6, 6.07) is 3.55. The van der Waals surface area contributed by atoms with Crippen molar-refractivity contribution in [1.29, 1.82) is 0 Å². The lowest BCUT2D eigenvalue weighted by molar-refractivity contribution is -0.141. The molecule has 1 aromatic rings. The average molecular weight is 334 g/mol. The zero-order valence-electron chi connectivity index (χ0n) is 13.5. The van der Waals surface area contributed by atoms with E-state index in [0.717, 1.165) is 0 Å². The normalized spacial score (nSPS) is 17.5. The van der Waals surface area contributed by atoms with E-state index >= 15 is 0 Å². The quantitative estimate of drug-likeness (QED) is 0.762. The zero-order chi connectivity index (χ0) is 18.0. The molecular formula is C16H18N2O6. The van der Waals surface area contributed by atoms with Crippen LogP contribution in [0.1, 0.15) is 31.1 Å². The number of carboxylic acid groups (broad SMARTS) is 1. The predicted octanol–water partition coefficient (Wildman–Crippen LogP) is 0.592. The van der Waals surface area contributed by atoms with Gasteiger partial charge in [0.25, 0.3) is 5.91 Å². The summed E-state index contributed by atoms with van der Waals surface area (Å²) in [7, 11) is 0. The standard InChI is InChI=1S/C16H18N2O6/c1-8(16(22)23)17-14(20)7-18-12-6-11(9(2)19)4-5-13(12)24-10(3)15(18)21/h4-6,8,10H,7H2,1-3H3,(H,17,20)(H,22,23). The number of fused-ring (bicyclic) bond motifs is 1. The van der Waals surface area contributed by atoms with Crippen molar-refractivity contribution >= 4 is 29.3 Å². The van der Waals surface area contributed by atoms with Crippen LogP contribution in [0.3, 0.4) is 0 Å². The molecule has 0 radical (unpaired) electrons. The first-order valence-electron chi connectivity index (χ1n) is 7.36. The first-order chi connectivity index (χ1) is 11.2. The molecule has 2 amide bonds. The lowest BCUT2D eigenvalue weighted by Gasteiger charge is -2.33. The molecule has 0 spiro atoms. The molecule has 1 aliphatic rings.